The standard InChI is InChI=1S/C22H32N8O5S/c23-14(8-12-9-27-15-5-2-1-4-13(12)15)19(33)30-17(11-36)21(35)29-16(6-3-7-26-22(24)25)20(34)28-10-18(31)32/h1-2,4-5,9,14,16-17,27,36H,3,6-8,10-11,23H2,(H,28,34)(H,29,35)(H,30,33)(H,31,32)(H4,24,25,26). The molecule has 0 aliphatic heterocycles. The SMILES string of the molecule is NC(N)=NCCCC(NC(=O)C(CS)NC(=O)C(N)Cc1c[nH]c2ccccc12)C(=O)NCC(=O)O. The molecule has 1 aromatic heterocycles. The van der Waals surface area contributed by atoms with Gasteiger partial charge in [0.05, 0.1) is 6.04 Å². The fourth-order valence-electron chi connectivity index (χ4n) is 3.43. The zero-order chi connectivity index (χ0) is 26.7. The molecule has 3 unspecified atom stereocenters. The molecule has 0 aliphatic carbocycles. The number of hydrogen-bond acceptors (Lipinski definition) is 7. The van der Waals surface area contributed by atoms with Crippen LogP contribution < -0.4 is 33.2 Å². The molecule has 0 radical (unpaired) electrons. The molecule has 3 amide bonds. The lowest BCUT2D eigenvalue weighted by Crippen LogP contribution is -2.57. The number of aliphatic imine (C=N–C) groups is 1. The van der Waals surface area contributed by atoms with Crippen molar-refractivity contribution < 1.29 is 24.3 Å². The summed E-state index contributed by atoms with van der Waals surface area (Å²) in [6.07, 6.45) is 2.48. The molecule has 0 saturated heterocycles. The fourth-order valence-corrected chi connectivity index (χ4v) is 3.69. The topological polar surface area (TPSA) is 231 Å². The Morgan fingerprint density at radius 2 is 1.75 bits per heavy atom. The van der Waals surface area contributed by atoms with Crippen molar-refractivity contribution in [2.45, 2.75) is 37.4 Å². The van der Waals surface area contributed by atoms with Gasteiger partial charge in [-0.3, -0.25) is 24.2 Å². The number of carbonyl (C=O) groups excluding carboxylic acids is 3. The van der Waals surface area contributed by atoms with Gasteiger partial charge in [-0.05, 0) is 30.9 Å². The van der Waals surface area contributed by atoms with Gasteiger partial charge < -0.3 is 43.2 Å². The molecule has 2 aromatic rings. The molecule has 1 heterocycles. The van der Waals surface area contributed by atoms with E-state index in [9.17, 15) is 19.2 Å². The molecule has 14 heteroatoms. The molecule has 36 heavy (non-hydrogen) atoms. The maximum absolute atomic E-state index is 12.8. The highest BCUT2D eigenvalue weighted by Crippen LogP contribution is 2.18. The molecule has 196 valence electrons. The number of rotatable bonds is 14. The van der Waals surface area contributed by atoms with Gasteiger partial charge >= 0.3 is 5.97 Å². The number of nitrogens with two attached hydrogens (primary N) is 3. The number of carbonyl (C=O) groups is 4. The van der Waals surface area contributed by atoms with Gasteiger partial charge in [0.2, 0.25) is 17.7 Å². The van der Waals surface area contributed by atoms with Gasteiger partial charge in [0.25, 0.3) is 0 Å². The maximum atomic E-state index is 12.8. The van der Waals surface area contributed by atoms with Crippen molar-refractivity contribution >= 4 is 53.2 Å². The van der Waals surface area contributed by atoms with Gasteiger partial charge in [-0.1, -0.05) is 18.2 Å². The number of aliphatic carboxylic acids is 1. The molecule has 0 saturated carbocycles. The van der Waals surface area contributed by atoms with Crippen LogP contribution in [0.3, 0.4) is 0 Å². The quantitative estimate of drug-likeness (QED) is 0.0595. The van der Waals surface area contributed by atoms with Crippen LogP contribution in [0.15, 0.2) is 35.5 Å². The Labute approximate surface area is 213 Å². The summed E-state index contributed by atoms with van der Waals surface area (Å²) in [4.78, 5) is 55.7. The molecule has 0 aliphatic rings. The minimum atomic E-state index is -1.24. The van der Waals surface area contributed by atoms with Gasteiger partial charge in [0, 0.05) is 29.4 Å². The number of aromatic amines is 1. The second kappa shape index (κ2) is 13.9. The minimum Gasteiger partial charge on any atom is -0.480 e. The Hall–Kier alpha value is -3.78. The Bertz CT molecular complexity index is 1100. The predicted molar refractivity (Wildman–Crippen MR) is 138 cm³/mol. The summed E-state index contributed by atoms with van der Waals surface area (Å²) in [6.45, 7) is -0.412. The number of nitrogens with one attached hydrogen (secondary N) is 4. The van der Waals surface area contributed by atoms with Gasteiger partial charge in [-0.25, -0.2) is 0 Å². The molecular formula is C22H32N8O5S. The molecule has 11 N–H and O–H groups in total. The minimum absolute atomic E-state index is 0.0607. The summed E-state index contributed by atoms with van der Waals surface area (Å²) in [5, 5.41) is 17.1. The van der Waals surface area contributed by atoms with Crippen LogP contribution in [0.5, 0.6) is 0 Å². The number of hydrogen-bond donors (Lipinski definition) is 9. The first kappa shape index (κ1) is 28.5. The molecule has 13 nitrogen and oxygen atoms in total. The number of benzene rings is 1. The fraction of sp³-hybridized carbons (Fsp3) is 0.409. The number of thiol groups is 1. The summed E-state index contributed by atoms with van der Waals surface area (Å²) < 4.78 is 0. The van der Waals surface area contributed by atoms with E-state index in [0.717, 1.165) is 16.5 Å². The average molecular weight is 521 g/mol. The normalized spacial score (nSPS) is 13.3. The number of fused-ring (bicyclic) bond motifs is 1. The number of aromatic nitrogens is 1. The van der Waals surface area contributed by atoms with Gasteiger partial charge in [-0.15, -0.1) is 0 Å². The van der Waals surface area contributed by atoms with Crippen LogP contribution >= 0.6 is 12.6 Å². The van der Waals surface area contributed by atoms with E-state index in [0.29, 0.717) is 6.42 Å². The Kier molecular flexibility index (Phi) is 11.0. The van der Waals surface area contributed by atoms with Crippen molar-refractivity contribution in [1.29, 1.82) is 0 Å². The van der Waals surface area contributed by atoms with E-state index in [-0.39, 0.29) is 31.1 Å². The molecule has 0 fully saturated rings. The Morgan fingerprint density at radius 3 is 2.42 bits per heavy atom. The lowest BCUT2D eigenvalue weighted by atomic mass is 10.0. The lowest BCUT2D eigenvalue weighted by Gasteiger charge is -2.23. The largest absolute Gasteiger partial charge is 0.480 e. The summed E-state index contributed by atoms with van der Waals surface area (Å²) in [5.41, 5.74) is 18.4. The number of nitrogens with zero attached hydrogens (tertiary/aromatic N) is 1. The summed E-state index contributed by atoms with van der Waals surface area (Å²) >= 11 is 4.14. The molecule has 3 atom stereocenters. The molecule has 0 spiro atoms. The predicted octanol–water partition coefficient (Wildman–Crippen LogP) is -1.81. The number of carboxylic acid groups (broad SMARTS) is 1. The zero-order valence-corrected chi connectivity index (χ0v) is 20.5. The highest BCUT2D eigenvalue weighted by atomic mass is 32.1. The first-order chi connectivity index (χ1) is 17.1. The van der Waals surface area contributed by atoms with Crippen LogP contribution in [-0.4, -0.2) is 76.7 Å². The van der Waals surface area contributed by atoms with E-state index in [1.165, 1.54) is 0 Å². The molecular weight excluding hydrogens is 488 g/mol. The van der Waals surface area contributed by atoms with E-state index in [4.69, 9.17) is 22.3 Å². The second-order valence-corrected chi connectivity index (χ2v) is 8.40. The van der Waals surface area contributed by atoms with E-state index in [2.05, 4.69) is 38.6 Å². The lowest BCUT2D eigenvalue weighted by molar-refractivity contribution is -0.138. The van der Waals surface area contributed by atoms with Crippen LogP contribution in [0, 0.1) is 0 Å². The van der Waals surface area contributed by atoms with Crippen LogP contribution in [0.4, 0.5) is 0 Å². The van der Waals surface area contributed by atoms with E-state index < -0.39 is 48.4 Å². The van der Waals surface area contributed by atoms with Crippen LogP contribution in [0.2, 0.25) is 0 Å². The number of guanidine groups is 1. The van der Waals surface area contributed by atoms with E-state index >= 15 is 0 Å². The van der Waals surface area contributed by atoms with Crippen molar-refractivity contribution in [2.75, 3.05) is 18.8 Å². The molecule has 0 bridgehead atoms. The summed E-state index contributed by atoms with van der Waals surface area (Å²) in [5.74, 6) is -3.35. The second-order valence-electron chi connectivity index (χ2n) is 8.04. The third-order valence-corrected chi connectivity index (χ3v) is 5.62. The Morgan fingerprint density at radius 1 is 1.06 bits per heavy atom. The average Bonchev–Trinajstić information content (AvgIpc) is 3.25. The van der Waals surface area contributed by atoms with E-state index in [1.54, 1.807) is 6.20 Å². The Balaban J connectivity index is 2.00. The maximum Gasteiger partial charge on any atom is 0.322 e. The zero-order valence-electron chi connectivity index (χ0n) is 19.6. The van der Waals surface area contributed by atoms with Crippen molar-refractivity contribution in [3.63, 3.8) is 0 Å². The van der Waals surface area contributed by atoms with Crippen molar-refractivity contribution in [2.24, 2.45) is 22.2 Å². The van der Waals surface area contributed by atoms with Crippen LogP contribution in [-0.2, 0) is 25.6 Å². The third-order valence-electron chi connectivity index (χ3n) is 5.26. The third kappa shape index (κ3) is 8.78. The summed E-state index contributed by atoms with van der Waals surface area (Å²) in [7, 11) is 0. The van der Waals surface area contributed by atoms with E-state index in [1.807, 2.05) is 24.3 Å². The van der Waals surface area contributed by atoms with Crippen molar-refractivity contribution in [3.8, 4) is 0 Å². The first-order valence-corrected chi connectivity index (χ1v) is 11.8. The monoisotopic (exact) mass is 520 g/mol. The number of H-pyrrole nitrogens is 1. The van der Waals surface area contributed by atoms with Gasteiger partial charge in [0.1, 0.15) is 18.6 Å². The van der Waals surface area contributed by atoms with Crippen molar-refractivity contribution in [3.05, 3.63) is 36.0 Å². The van der Waals surface area contributed by atoms with Gasteiger partial charge in [-0.2, -0.15) is 12.6 Å². The van der Waals surface area contributed by atoms with Crippen molar-refractivity contribution in [1.82, 2.24) is 20.9 Å². The number of carboxylic acids is 1. The summed E-state index contributed by atoms with van der Waals surface area (Å²) in [6, 6.07) is 4.50. The van der Waals surface area contributed by atoms with Gasteiger partial charge in [0.15, 0.2) is 5.96 Å². The van der Waals surface area contributed by atoms with Crippen LogP contribution in [0.25, 0.3) is 10.9 Å². The smallest absolute Gasteiger partial charge is 0.322 e. The molecule has 2 rings (SSSR count). The number of amides is 3. The molecule has 1 aromatic carbocycles. The van der Waals surface area contributed by atoms with Crippen LogP contribution in [0.1, 0.15) is 18.4 Å². The highest BCUT2D eigenvalue weighted by Gasteiger charge is 2.27. The highest BCUT2D eigenvalue weighted by molar-refractivity contribution is 7.80. The number of para-hydroxylation sites is 1. The first-order valence-electron chi connectivity index (χ1n) is 11.2.